The molecule has 21 heavy (non-hydrogen) atoms. The second-order valence-electron chi connectivity index (χ2n) is 5.33. The predicted octanol–water partition coefficient (Wildman–Crippen LogP) is 0.321. The molecule has 1 aromatic heterocycles. The van der Waals surface area contributed by atoms with Crippen molar-refractivity contribution in [1.82, 2.24) is 15.2 Å². The van der Waals surface area contributed by atoms with E-state index in [0.717, 1.165) is 37.6 Å². The van der Waals surface area contributed by atoms with Crippen molar-refractivity contribution in [3.05, 3.63) is 29.6 Å². The monoisotopic (exact) mass is 288 g/mol. The van der Waals surface area contributed by atoms with E-state index in [1.807, 2.05) is 18.2 Å². The van der Waals surface area contributed by atoms with Crippen molar-refractivity contribution >= 4 is 17.9 Å². The van der Waals surface area contributed by atoms with Crippen LogP contribution in [-0.4, -0.2) is 62.2 Å². The molecule has 0 aliphatic carbocycles. The number of likely N-dealkylation sites (N-methyl/N-ethyl adjacent to an activating group) is 1. The third-order valence-electron chi connectivity index (χ3n) is 3.79. The summed E-state index contributed by atoms with van der Waals surface area (Å²) >= 11 is 0. The zero-order valence-corrected chi connectivity index (χ0v) is 12.2. The molecule has 6 heteroatoms. The number of nitrogens with zero attached hydrogens (tertiary/aromatic N) is 3. The SMILES string of the molecule is CN1CCN(c2ncccc2/C=C2/NCCOC2=O)CC1. The normalized spacial score (nSPS) is 22.0. The van der Waals surface area contributed by atoms with Gasteiger partial charge in [-0.1, -0.05) is 0 Å². The van der Waals surface area contributed by atoms with Crippen molar-refractivity contribution in [2.75, 3.05) is 51.3 Å². The number of rotatable bonds is 2. The smallest absolute Gasteiger partial charge is 0.354 e. The van der Waals surface area contributed by atoms with Crippen molar-refractivity contribution in [3.63, 3.8) is 0 Å². The lowest BCUT2D eigenvalue weighted by atomic mass is 10.2. The molecule has 2 saturated heterocycles. The number of anilines is 1. The average molecular weight is 288 g/mol. The van der Waals surface area contributed by atoms with Gasteiger partial charge in [-0.05, 0) is 25.3 Å². The predicted molar refractivity (Wildman–Crippen MR) is 80.9 cm³/mol. The largest absolute Gasteiger partial charge is 0.459 e. The van der Waals surface area contributed by atoms with Crippen molar-refractivity contribution in [1.29, 1.82) is 0 Å². The fourth-order valence-corrected chi connectivity index (χ4v) is 2.55. The van der Waals surface area contributed by atoms with Crippen LogP contribution in [0.3, 0.4) is 0 Å². The summed E-state index contributed by atoms with van der Waals surface area (Å²) in [7, 11) is 2.13. The van der Waals surface area contributed by atoms with E-state index in [4.69, 9.17) is 4.74 Å². The first-order chi connectivity index (χ1) is 10.2. The van der Waals surface area contributed by atoms with Crippen LogP contribution in [0.4, 0.5) is 5.82 Å². The first-order valence-corrected chi connectivity index (χ1v) is 7.25. The van der Waals surface area contributed by atoms with Crippen LogP contribution >= 0.6 is 0 Å². The van der Waals surface area contributed by atoms with Gasteiger partial charge in [0.05, 0.1) is 0 Å². The molecule has 0 saturated carbocycles. The molecule has 2 aliphatic rings. The molecule has 0 spiro atoms. The number of carbonyl (C=O) groups is 1. The highest BCUT2D eigenvalue weighted by Gasteiger charge is 2.20. The van der Waals surface area contributed by atoms with Crippen LogP contribution in [0.25, 0.3) is 6.08 Å². The van der Waals surface area contributed by atoms with Crippen molar-refractivity contribution < 1.29 is 9.53 Å². The fourth-order valence-electron chi connectivity index (χ4n) is 2.55. The third kappa shape index (κ3) is 3.16. The number of piperazine rings is 1. The molecule has 112 valence electrons. The van der Waals surface area contributed by atoms with Crippen LogP contribution in [0, 0.1) is 0 Å². The van der Waals surface area contributed by atoms with E-state index in [-0.39, 0.29) is 5.97 Å². The number of aromatic nitrogens is 1. The number of hydrogen-bond acceptors (Lipinski definition) is 6. The second kappa shape index (κ2) is 6.13. The summed E-state index contributed by atoms with van der Waals surface area (Å²) < 4.78 is 5.05. The lowest BCUT2D eigenvalue weighted by molar-refractivity contribution is -0.141. The Bertz CT molecular complexity index is 550. The summed E-state index contributed by atoms with van der Waals surface area (Å²) in [5.41, 5.74) is 1.45. The molecule has 2 fully saturated rings. The molecule has 0 unspecified atom stereocenters. The maximum atomic E-state index is 11.7. The molecule has 1 N–H and O–H groups in total. The minimum absolute atomic E-state index is 0.297. The van der Waals surface area contributed by atoms with Crippen LogP contribution in [-0.2, 0) is 9.53 Å². The van der Waals surface area contributed by atoms with Crippen molar-refractivity contribution in [3.8, 4) is 0 Å². The zero-order chi connectivity index (χ0) is 14.7. The van der Waals surface area contributed by atoms with Gasteiger partial charge in [0.15, 0.2) is 0 Å². The van der Waals surface area contributed by atoms with Crippen LogP contribution < -0.4 is 10.2 Å². The second-order valence-corrected chi connectivity index (χ2v) is 5.33. The molecule has 6 nitrogen and oxygen atoms in total. The van der Waals surface area contributed by atoms with Crippen LogP contribution in [0.15, 0.2) is 24.0 Å². The molecular weight excluding hydrogens is 268 g/mol. The van der Waals surface area contributed by atoms with E-state index in [2.05, 4.69) is 27.1 Å². The molecule has 3 rings (SSSR count). The average Bonchev–Trinajstić information content (AvgIpc) is 2.51. The topological polar surface area (TPSA) is 57.7 Å². The van der Waals surface area contributed by atoms with Gasteiger partial charge in [0, 0.05) is 44.5 Å². The Morgan fingerprint density at radius 1 is 1.33 bits per heavy atom. The van der Waals surface area contributed by atoms with Gasteiger partial charge < -0.3 is 19.9 Å². The van der Waals surface area contributed by atoms with E-state index in [0.29, 0.717) is 18.8 Å². The Morgan fingerprint density at radius 2 is 2.14 bits per heavy atom. The van der Waals surface area contributed by atoms with E-state index < -0.39 is 0 Å². The number of cyclic esters (lactones) is 1. The van der Waals surface area contributed by atoms with Gasteiger partial charge in [-0.25, -0.2) is 9.78 Å². The fraction of sp³-hybridized carbons (Fsp3) is 0.467. The zero-order valence-electron chi connectivity index (χ0n) is 12.2. The van der Waals surface area contributed by atoms with Crippen LogP contribution in [0.2, 0.25) is 0 Å². The van der Waals surface area contributed by atoms with E-state index >= 15 is 0 Å². The molecule has 2 aliphatic heterocycles. The number of ether oxygens (including phenoxy) is 1. The van der Waals surface area contributed by atoms with Crippen LogP contribution in [0.1, 0.15) is 5.56 Å². The standard InChI is InChI=1S/C15H20N4O2/c1-18-6-8-19(9-7-18)14-12(3-2-4-17-14)11-13-15(20)21-10-5-16-13/h2-4,11,16H,5-10H2,1H3/b13-11+. The molecule has 0 atom stereocenters. The number of nitrogens with one attached hydrogen (secondary N) is 1. The summed E-state index contributed by atoms with van der Waals surface area (Å²) in [6.45, 7) is 5.01. The lowest BCUT2D eigenvalue weighted by Crippen LogP contribution is -2.45. The number of hydrogen-bond donors (Lipinski definition) is 1. The molecular formula is C15H20N4O2. The quantitative estimate of drug-likeness (QED) is 0.625. The number of morpholine rings is 1. The van der Waals surface area contributed by atoms with Gasteiger partial charge in [-0.2, -0.15) is 0 Å². The van der Waals surface area contributed by atoms with Crippen molar-refractivity contribution in [2.24, 2.45) is 0 Å². The third-order valence-corrected chi connectivity index (χ3v) is 3.79. The van der Waals surface area contributed by atoms with Gasteiger partial charge in [0.2, 0.25) is 0 Å². The number of carbonyl (C=O) groups excluding carboxylic acids is 1. The Balaban J connectivity index is 1.85. The maximum Gasteiger partial charge on any atom is 0.354 e. The van der Waals surface area contributed by atoms with Gasteiger partial charge in [-0.3, -0.25) is 0 Å². The highest BCUT2D eigenvalue weighted by molar-refractivity contribution is 5.94. The van der Waals surface area contributed by atoms with E-state index in [1.54, 1.807) is 6.20 Å². The summed E-state index contributed by atoms with van der Waals surface area (Å²) in [4.78, 5) is 20.8. The van der Waals surface area contributed by atoms with Crippen molar-refractivity contribution in [2.45, 2.75) is 0 Å². The molecule has 0 bridgehead atoms. The Labute approximate surface area is 124 Å². The molecule has 0 aromatic carbocycles. The van der Waals surface area contributed by atoms with Crippen LogP contribution in [0.5, 0.6) is 0 Å². The summed E-state index contributed by atoms with van der Waals surface area (Å²) in [5.74, 6) is 0.632. The minimum Gasteiger partial charge on any atom is -0.459 e. The van der Waals surface area contributed by atoms with Gasteiger partial charge in [0.1, 0.15) is 18.1 Å². The number of pyridine rings is 1. The summed E-state index contributed by atoms with van der Waals surface area (Å²) in [6, 6.07) is 3.87. The maximum absolute atomic E-state index is 11.7. The van der Waals surface area contributed by atoms with E-state index in [1.165, 1.54) is 0 Å². The molecule has 0 amide bonds. The van der Waals surface area contributed by atoms with Gasteiger partial charge >= 0.3 is 5.97 Å². The molecule has 1 aromatic rings. The van der Waals surface area contributed by atoms with Gasteiger partial charge in [-0.15, -0.1) is 0 Å². The highest BCUT2D eigenvalue weighted by atomic mass is 16.5. The first-order valence-electron chi connectivity index (χ1n) is 7.25. The Morgan fingerprint density at radius 3 is 2.90 bits per heavy atom. The minimum atomic E-state index is -0.297. The number of esters is 1. The van der Waals surface area contributed by atoms with E-state index in [9.17, 15) is 4.79 Å². The molecule has 0 radical (unpaired) electrons. The Hall–Kier alpha value is -2.08. The Kier molecular flexibility index (Phi) is 4.06. The lowest BCUT2D eigenvalue weighted by Gasteiger charge is -2.34. The summed E-state index contributed by atoms with van der Waals surface area (Å²) in [6.07, 6.45) is 3.63. The molecule has 3 heterocycles. The summed E-state index contributed by atoms with van der Waals surface area (Å²) in [5, 5.41) is 3.09. The van der Waals surface area contributed by atoms with Gasteiger partial charge in [0.25, 0.3) is 0 Å². The highest BCUT2D eigenvalue weighted by Crippen LogP contribution is 2.21. The first kappa shape index (κ1) is 13.9.